The smallest absolute Gasteiger partial charge is 0.269 e. The second kappa shape index (κ2) is 4.29. The highest BCUT2D eigenvalue weighted by atomic mass is 16.1. The van der Waals surface area contributed by atoms with Gasteiger partial charge in [-0.05, 0) is 25.0 Å². The Kier molecular flexibility index (Phi) is 2.85. The lowest BCUT2D eigenvalue weighted by Crippen LogP contribution is -2.21. The third-order valence-electron chi connectivity index (χ3n) is 2.68. The summed E-state index contributed by atoms with van der Waals surface area (Å²) in [5.74, 6) is -0.136. The van der Waals surface area contributed by atoms with Crippen molar-refractivity contribution >= 4 is 11.6 Å². The van der Waals surface area contributed by atoms with Crippen LogP contribution in [0.25, 0.3) is 0 Å². The van der Waals surface area contributed by atoms with Gasteiger partial charge in [0.2, 0.25) is 0 Å². The summed E-state index contributed by atoms with van der Waals surface area (Å²) in [5.41, 5.74) is 1.58. The van der Waals surface area contributed by atoms with Crippen molar-refractivity contribution in [3.63, 3.8) is 0 Å². The number of rotatable bonds is 2. The summed E-state index contributed by atoms with van der Waals surface area (Å²) in [5, 5.41) is 2.56. The molecule has 0 aromatic carbocycles. The third-order valence-corrected chi connectivity index (χ3v) is 2.68. The highest BCUT2D eigenvalue weighted by Crippen LogP contribution is 2.18. The molecule has 4 heteroatoms. The monoisotopic (exact) mass is 205 g/mol. The number of aromatic nitrogens is 1. The summed E-state index contributed by atoms with van der Waals surface area (Å²) in [6.07, 6.45) is 4.27. The van der Waals surface area contributed by atoms with Gasteiger partial charge in [0.15, 0.2) is 0 Å². The van der Waals surface area contributed by atoms with E-state index in [4.69, 9.17) is 0 Å². The predicted octanol–water partition coefficient (Wildman–Crippen LogP) is 1.04. The molecule has 80 valence electrons. The van der Waals surface area contributed by atoms with E-state index in [-0.39, 0.29) is 5.91 Å². The van der Waals surface area contributed by atoms with Crippen LogP contribution >= 0.6 is 0 Å². The van der Waals surface area contributed by atoms with E-state index in [2.05, 4.69) is 15.2 Å². The van der Waals surface area contributed by atoms with Gasteiger partial charge in [0.05, 0.1) is 11.9 Å². The van der Waals surface area contributed by atoms with Crippen molar-refractivity contribution in [1.82, 2.24) is 10.3 Å². The average Bonchev–Trinajstić information content (AvgIpc) is 2.82. The van der Waals surface area contributed by atoms with Crippen molar-refractivity contribution in [1.29, 1.82) is 0 Å². The fourth-order valence-corrected chi connectivity index (χ4v) is 1.81. The summed E-state index contributed by atoms with van der Waals surface area (Å²) >= 11 is 0. The topological polar surface area (TPSA) is 45.2 Å². The Morgan fingerprint density at radius 1 is 1.40 bits per heavy atom. The normalized spacial score (nSPS) is 15.4. The van der Waals surface area contributed by atoms with E-state index in [9.17, 15) is 4.79 Å². The van der Waals surface area contributed by atoms with Crippen molar-refractivity contribution in [2.24, 2.45) is 0 Å². The zero-order valence-electron chi connectivity index (χ0n) is 8.86. The number of anilines is 1. The van der Waals surface area contributed by atoms with Crippen LogP contribution in [0.3, 0.4) is 0 Å². The fraction of sp³-hybridized carbons (Fsp3) is 0.455. The van der Waals surface area contributed by atoms with Crippen LogP contribution in [0, 0.1) is 0 Å². The van der Waals surface area contributed by atoms with Crippen LogP contribution in [-0.4, -0.2) is 31.0 Å². The first-order valence-electron chi connectivity index (χ1n) is 5.24. The van der Waals surface area contributed by atoms with Gasteiger partial charge in [0, 0.05) is 20.1 Å². The van der Waals surface area contributed by atoms with Gasteiger partial charge in [-0.2, -0.15) is 0 Å². The highest BCUT2D eigenvalue weighted by molar-refractivity contribution is 5.92. The fourth-order valence-electron chi connectivity index (χ4n) is 1.81. The summed E-state index contributed by atoms with van der Waals surface area (Å²) in [7, 11) is 1.61. The van der Waals surface area contributed by atoms with Crippen LogP contribution in [0.5, 0.6) is 0 Å². The molecule has 0 bridgehead atoms. The molecule has 0 unspecified atom stereocenters. The van der Waals surface area contributed by atoms with E-state index in [1.165, 1.54) is 12.8 Å². The molecule has 1 aliphatic heterocycles. The Bertz CT molecular complexity index is 341. The van der Waals surface area contributed by atoms with Crippen molar-refractivity contribution in [3.8, 4) is 0 Å². The molecule has 0 saturated carbocycles. The maximum absolute atomic E-state index is 11.3. The lowest BCUT2D eigenvalue weighted by molar-refractivity contribution is 0.0958. The molecule has 2 rings (SSSR count). The first-order chi connectivity index (χ1) is 7.31. The molecule has 0 aliphatic carbocycles. The Labute approximate surface area is 89.3 Å². The standard InChI is InChI=1S/C11H15N3O/c1-12-11(15)10-5-4-9(8-13-10)14-6-2-3-7-14/h4-5,8H,2-3,6-7H2,1H3,(H,12,15). The van der Waals surface area contributed by atoms with E-state index in [1.54, 1.807) is 19.3 Å². The largest absolute Gasteiger partial charge is 0.370 e. The van der Waals surface area contributed by atoms with Gasteiger partial charge in [0.1, 0.15) is 5.69 Å². The molecule has 2 heterocycles. The number of carbonyl (C=O) groups is 1. The van der Waals surface area contributed by atoms with Crippen LogP contribution in [0.15, 0.2) is 18.3 Å². The maximum Gasteiger partial charge on any atom is 0.269 e. The lowest BCUT2D eigenvalue weighted by Gasteiger charge is -2.16. The summed E-state index contributed by atoms with van der Waals surface area (Å²) in [6.45, 7) is 2.20. The maximum atomic E-state index is 11.3. The molecule has 1 saturated heterocycles. The molecular formula is C11H15N3O. The zero-order chi connectivity index (χ0) is 10.7. The van der Waals surface area contributed by atoms with Crippen molar-refractivity contribution < 1.29 is 4.79 Å². The molecule has 1 aromatic heterocycles. The lowest BCUT2D eigenvalue weighted by atomic mass is 10.3. The molecule has 1 N–H and O–H groups in total. The van der Waals surface area contributed by atoms with Gasteiger partial charge in [-0.15, -0.1) is 0 Å². The van der Waals surface area contributed by atoms with Gasteiger partial charge < -0.3 is 10.2 Å². The molecule has 1 aromatic rings. The minimum atomic E-state index is -0.136. The number of hydrogen-bond acceptors (Lipinski definition) is 3. The van der Waals surface area contributed by atoms with Crippen LogP contribution in [0.2, 0.25) is 0 Å². The number of pyridine rings is 1. The number of nitrogens with one attached hydrogen (secondary N) is 1. The van der Waals surface area contributed by atoms with Gasteiger partial charge in [0.25, 0.3) is 5.91 Å². The minimum Gasteiger partial charge on any atom is -0.370 e. The number of carbonyl (C=O) groups excluding carboxylic acids is 1. The molecule has 1 amide bonds. The predicted molar refractivity (Wildman–Crippen MR) is 59.1 cm³/mol. The second-order valence-corrected chi connectivity index (χ2v) is 3.67. The van der Waals surface area contributed by atoms with Crippen molar-refractivity contribution in [2.75, 3.05) is 25.0 Å². The van der Waals surface area contributed by atoms with Crippen LogP contribution in [0.4, 0.5) is 5.69 Å². The molecule has 4 nitrogen and oxygen atoms in total. The van der Waals surface area contributed by atoms with Crippen LogP contribution in [-0.2, 0) is 0 Å². The van der Waals surface area contributed by atoms with Gasteiger partial charge in [-0.3, -0.25) is 4.79 Å². The van der Waals surface area contributed by atoms with Gasteiger partial charge in [-0.1, -0.05) is 0 Å². The molecule has 15 heavy (non-hydrogen) atoms. The molecule has 0 atom stereocenters. The molecule has 1 aliphatic rings. The minimum absolute atomic E-state index is 0.136. The van der Waals surface area contributed by atoms with E-state index in [1.807, 2.05) is 6.07 Å². The number of hydrogen-bond donors (Lipinski definition) is 1. The summed E-state index contributed by atoms with van der Waals surface area (Å²) < 4.78 is 0. The average molecular weight is 205 g/mol. The Hall–Kier alpha value is -1.58. The van der Waals surface area contributed by atoms with Gasteiger partial charge >= 0.3 is 0 Å². The molecular weight excluding hydrogens is 190 g/mol. The number of amides is 1. The Morgan fingerprint density at radius 2 is 2.13 bits per heavy atom. The van der Waals surface area contributed by atoms with E-state index in [0.717, 1.165) is 18.8 Å². The third kappa shape index (κ3) is 2.09. The van der Waals surface area contributed by atoms with E-state index in [0.29, 0.717) is 5.69 Å². The zero-order valence-corrected chi connectivity index (χ0v) is 8.86. The molecule has 0 radical (unpaired) electrons. The van der Waals surface area contributed by atoms with Crippen molar-refractivity contribution in [2.45, 2.75) is 12.8 Å². The molecule has 0 spiro atoms. The van der Waals surface area contributed by atoms with E-state index < -0.39 is 0 Å². The number of nitrogens with zero attached hydrogens (tertiary/aromatic N) is 2. The SMILES string of the molecule is CNC(=O)c1ccc(N2CCCC2)cn1. The molecule has 1 fully saturated rings. The van der Waals surface area contributed by atoms with Crippen molar-refractivity contribution in [3.05, 3.63) is 24.0 Å². The summed E-state index contributed by atoms with van der Waals surface area (Å²) in [4.78, 5) is 17.7. The van der Waals surface area contributed by atoms with Crippen LogP contribution in [0.1, 0.15) is 23.3 Å². The van der Waals surface area contributed by atoms with E-state index >= 15 is 0 Å². The van der Waals surface area contributed by atoms with Gasteiger partial charge in [-0.25, -0.2) is 4.98 Å². The second-order valence-electron chi connectivity index (χ2n) is 3.67. The Balaban J connectivity index is 2.12. The quantitative estimate of drug-likeness (QED) is 0.784. The highest BCUT2D eigenvalue weighted by Gasteiger charge is 2.13. The first-order valence-corrected chi connectivity index (χ1v) is 5.24. The summed E-state index contributed by atoms with van der Waals surface area (Å²) in [6, 6.07) is 3.73. The first kappa shape index (κ1) is 9.96. The Morgan fingerprint density at radius 3 is 2.67 bits per heavy atom. The van der Waals surface area contributed by atoms with Crippen LogP contribution < -0.4 is 10.2 Å².